The van der Waals surface area contributed by atoms with Crippen LogP contribution in [0.5, 0.6) is 0 Å². The smallest absolute Gasteiger partial charge is 0.0469 e. The van der Waals surface area contributed by atoms with Gasteiger partial charge in [0, 0.05) is 31.8 Å². The largest absolute Gasteiger partial charge is 0.381 e. The van der Waals surface area contributed by atoms with Crippen molar-refractivity contribution >= 4 is 0 Å². The van der Waals surface area contributed by atoms with Crippen molar-refractivity contribution in [3.05, 3.63) is 0 Å². The van der Waals surface area contributed by atoms with Crippen molar-refractivity contribution in [1.82, 2.24) is 10.2 Å². The van der Waals surface area contributed by atoms with Crippen LogP contribution in [0.25, 0.3) is 0 Å². The molecule has 2 aliphatic rings. The minimum absolute atomic E-state index is 0.698. The standard InChI is InChI=1S/C15H30N2O/c1-13(11-15-5-3-4-8-16-15)17(2)12-14-6-9-18-10-7-14/h13-16H,3-12H2,1-2H3. The van der Waals surface area contributed by atoms with E-state index >= 15 is 0 Å². The van der Waals surface area contributed by atoms with E-state index in [-0.39, 0.29) is 0 Å². The maximum atomic E-state index is 5.43. The zero-order chi connectivity index (χ0) is 12.8. The van der Waals surface area contributed by atoms with Gasteiger partial charge in [0.2, 0.25) is 0 Å². The molecule has 106 valence electrons. The molecule has 3 nitrogen and oxygen atoms in total. The summed E-state index contributed by atoms with van der Waals surface area (Å²) in [7, 11) is 2.29. The van der Waals surface area contributed by atoms with E-state index in [1.165, 1.54) is 51.6 Å². The lowest BCUT2D eigenvalue weighted by molar-refractivity contribution is 0.0499. The van der Waals surface area contributed by atoms with Crippen LogP contribution >= 0.6 is 0 Å². The zero-order valence-corrected chi connectivity index (χ0v) is 12.2. The number of hydrogen-bond donors (Lipinski definition) is 1. The molecule has 0 radical (unpaired) electrons. The van der Waals surface area contributed by atoms with E-state index in [1.54, 1.807) is 0 Å². The van der Waals surface area contributed by atoms with Gasteiger partial charge in [-0.25, -0.2) is 0 Å². The molecule has 0 saturated carbocycles. The monoisotopic (exact) mass is 254 g/mol. The van der Waals surface area contributed by atoms with Crippen molar-refractivity contribution in [3.63, 3.8) is 0 Å². The number of nitrogens with one attached hydrogen (secondary N) is 1. The van der Waals surface area contributed by atoms with E-state index in [2.05, 4.69) is 24.2 Å². The lowest BCUT2D eigenvalue weighted by Crippen LogP contribution is -2.42. The van der Waals surface area contributed by atoms with Gasteiger partial charge in [0.15, 0.2) is 0 Å². The lowest BCUT2D eigenvalue weighted by atomic mass is 9.96. The molecule has 1 N–H and O–H groups in total. The maximum absolute atomic E-state index is 5.43. The Morgan fingerprint density at radius 1 is 1.22 bits per heavy atom. The molecule has 0 aliphatic carbocycles. The van der Waals surface area contributed by atoms with Crippen molar-refractivity contribution in [2.75, 3.05) is 33.4 Å². The number of rotatable bonds is 5. The third-order valence-corrected chi connectivity index (χ3v) is 4.68. The molecule has 18 heavy (non-hydrogen) atoms. The summed E-state index contributed by atoms with van der Waals surface area (Å²) in [6.45, 7) is 6.79. The molecule has 0 aromatic rings. The van der Waals surface area contributed by atoms with Crippen LogP contribution in [0.3, 0.4) is 0 Å². The summed E-state index contributed by atoms with van der Waals surface area (Å²) in [5.74, 6) is 0.852. The number of hydrogen-bond acceptors (Lipinski definition) is 3. The molecule has 0 aromatic heterocycles. The summed E-state index contributed by atoms with van der Waals surface area (Å²) in [6, 6.07) is 1.45. The van der Waals surface area contributed by atoms with Gasteiger partial charge in [0.05, 0.1) is 0 Å². The quantitative estimate of drug-likeness (QED) is 0.814. The van der Waals surface area contributed by atoms with Crippen LogP contribution in [0.4, 0.5) is 0 Å². The maximum Gasteiger partial charge on any atom is 0.0469 e. The van der Waals surface area contributed by atoms with E-state index in [0.717, 1.165) is 25.2 Å². The first kappa shape index (κ1) is 14.3. The molecule has 3 heteroatoms. The SMILES string of the molecule is CC(CC1CCCCN1)N(C)CC1CCOCC1. The Morgan fingerprint density at radius 2 is 2.00 bits per heavy atom. The van der Waals surface area contributed by atoms with E-state index in [1.807, 2.05) is 0 Å². The molecule has 2 heterocycles. The zero-order valence-electron chi connectivity index (χ0n) is 12.2. The average Bonchev–Trinajstić information content (AvgIpc) is 2.41. The Balaban J connectivity index is 1.68. The highest BCUT2D eigenvalue weighted by Crippen LogP contribution is 2.19. The summed E-state index contributed by atoms with van der Waals surface area (Å²) in [5, 5.41) is 3.66. The molecular weight excluding hydrogens is 224 g/mol. The van der Waals surface area contributed by atoms with Crippen LogP contribution in [0.1, 0.15) is 45.4 Å². The van der Waals surface area contributed by atoms with Crippen LogP contribution in [0.15, 0.2) is 0 Å². The summed E-state index contributed by atoms with van der Waals surface area (Å²) in [5.41, 5.74) is 0. The molecule has 2 saturated heterocycles. The second-order valence-corrected chi connectivity index (χ2v) is 6.23. The summed E-state index contributed by atoms with van der Waals surface area (Å²) < 4.78 is 5.43. The molecule has 2 rings (SSSR count). The molecule has 2 aliphatic heterocycles. The molecule has 0 spiro atoms. The van der Waals surface area contributed by atoms with E-state index in [9.17, 15) is 0 Å². The minimum Gasteiger partial charge on any atom is -0.381 e. The van der Waals surface area contributed by atoms with Gasteiger partial charge in [-0.2, -0.15) is 0 Å². The van der Waals surface area contributed by atoms with Gasteiger partial charge < -0.3 is 15.0 Å². The van der Waals surface area contributed by atoms with E-state index in [0.29, 0.717) is 6.04 Å². The molecule has 2 unspecified atom stereocenters. The molecule has 2 atom stereocenters. The van der Waals surface area contributed by atoms with Crippen molar-refractivity contribution in [3.8, 4) is 0 Å². The molecule has 0 amide bonds. The Kier molecular flexibility index (Phi) is 5.93. The van der Waals surface area contributed by atoms with Gasteiger partial charge >= 0.3 is 0 Å². The van der Waals surface area contributed by atoms with Crippen molar-refractivity contribution in [2.24, 2.45) is 5.92 Å². The molecule has 0 aromatic carbocycles. The third-order valence-electron chi connectivity index (χ3n) is 4.68. The summed E-state index contributed by atoms with van der Waals surface area (Å²) in [4.78, 5) is 2.56. The van der Waals surface area contributed by atoms with Gasteiger partial charge in [-0.1, -0.05) is 6.42 Å². The van der Waals surface area contributed by atoms with E-state index in [4.69, 9.17) is 4.74 Å². The Hall–Kier alpha value is -0.120. The van der Waals surface area contributed by atoms with Crippen LogP contribution in [0.2, 0.25) is 0 Å². The first-order chi connectivity index (χ1) is 8.75. The highest BCUT2D eigenvalue weighted by atomic mass is 16.5. The van der Waals surface area contributed by atoms with E-state index < -0.39 is 0 Å². The Bertz CT molecular complexity index is 199. The van der Waals surface area contributed by atoms with Crippen molar-refractivity contribution in [2.45, 2.75) is 57.5 Å². The Morgan fingerprint density at radius 3 is 2.67 bits per heavy atom. The van der Waals surface area contributed by atoms with Crippen LogP contribution in [0, 0.1) is 5.92 Å². The molecular formula is C15H30N2O. The van der Waals surface area contributed by atoms with Gasteiger partial charge in [-0.15, -0.1) is 0 Å². The van der Waals surface area contributed by atoms with Gasteiger partial charge in [0.1, 0.15) is 0 Å². The van der Waals surface area contributed by atoms with Crippen LogP contribution in [-0.2, 0) is 4.74 Å². The fourth-order valence-corrected chi connectivity index (χ4v) is 3.23. The normalized spacial score (nSPS) is 28.5. The van der Waals surface area contributed by atoms with Gasteiger partial charge in [-0.05, 0) is 58.5 Å². The van der Waals surface area contributed by atoms with Crippen LogP contribution in [-0.4, -0.2) is 50.3 Å². The third kappa shape index (κ3) is 4.52. The topological polar surface area (TPSA) is 24.5 Å². The van der Waals surface area contributed by atoms with Gasteiger partial charge in [0.25, 0.3) is 0 Å². The predicted molar refractivity (Wildman–Crippen MR) is 75.9 cm³/mol. The fraction of sp³-hybridized carbons (Fsp3) is 1.00. The molecule has 0 bridgehead atoms. The Labute approximate surface area is 112 Å². The first-order valence-corrected chi connectivity index (χ1v) is 7.77. The number of piperidine rings is 1. The van der Waals surface area contributed by atoms with Crippen LogP contribution < -0.4 is 5.32 Å². The van der Waals surface area contributed by atoms with Crippen molar-refractivity contribution < 1.29 is 4.74 Å². The number of ether oxygens (including phenoxy) is 1. The summed E-state index contributed by atoms with van der Waals surface area (Å²) in [6.07, 6.45) is 7.95. The first-order valence-electron chi connectivity index (χ1n) is 7.77. The highest BCUT2D eigenvalue weighted by Gasteiger charge is 2.21. The predicted octanol–water partition coefficient (Wildman–Crippen LogP) is 2.27. The molecule has 2 fully saturated rings. The lowest BCUT2D eigenvalue weighted by Gasteiger charge is -2.34. The number of nitrogens with zero attached hydrogens (tertiary/aromatic N) is 1. The van der Waals surface area contributed by atoms with Gasteiger partial charge in [-0.3, -0.25) is 0 Å². The average molecular weight is 254 g/mol. The second-order valence-electron chi connectivity index (χ2n) is 6.23. The van der Waals surface area contributed by atoms with Crippen molar-refractivity contribution in [1.29, 1.82) is 0 Å². The fourth-order valence-electron chi connectivity index (χ4n) is 3.23. The summed E-state index contributed by atoms with van der Waals surface area (Å²) >= 11 is 0. The minimum atomic E-state index is 0.698. The highest BCUT2D eigenvalue weighted by molar-refractivity contribution is 4.79. The second kappa shape index (κ2) is 7.46.